The van der Waals surface area contributed by atoms with Crippen LogP contribution in [0.25, 0.3) is 0 Å². The third-order valence-corrected chi connectivity index (χ3v) is 6.64. The Labute approximate surface area is 134 Å². The largest absolute Gasteiger partial charge is 0.309 e. The summed E-state index contributed by atoms with van der Waals surface area (Å²) in [5.41, 5.74) is 1.68. The molecule has 2 heteroatoms. The maximum absolute atomic E-state index is 3.85. The molecule has 0 bridgehead atoms. The van der Waals surface area contributed by atoms with Gasteiger partial charge in [-0.1, -0.05) is 39.0 Å². The molecular formula is C19H31NS. The Morgan fingerprint density at radius 3 is 2.76 bits per heavy atom. The lowest BCUT2D eigenvalue weighted by molar-refractivity contribution is 0.399. The summed E-state index contributed by atoms with van der Waals surface area (Å²) in [6.07, 6.45) is 15.4. The van der Waals surface area contributed by atoms with Gasteiger partial charge in [-0.25, -0.2) is 0 Å². The standard InChI is InChI=1S/C19H31NS/c1-2-12-20-17(13-15-8-6-7-9-15)19-14-16-10-4-3-5-11-18(16)21-19/h14-15,17,20H,2-13H2,1H3. The van der Waals surface area contributed by atoms with Gasteiger partial charge < -0.3 is 5.32 Å². The second kappa shape index (κ2) is 7.78. The average molecular weight is 306 g/mol. The van der Waals surface area contributed by atoms with Crippen LogP contribution in [0.4, 0.5) is 0 Å². The number of thiophene rings is 1. The molecule has 118 valence electrons. The third-order valence-electron chi connectivity index (χ3n) is 5.29. The molecule has 0 spiro atoms. The molecule has 3 rings (SSSR count). The minimum Gasteiger partial charge on any atom is -0.309 e. The van der Waals surface area contributed by atoms with Crippen LogP contribution in [-0.2, 0) is 12.8 Å². The molecule has 2 aliphatic carbocycles. The molecule has 1 atom stereocenters. The number of rotatable bonds is 6. The zero-order valence-corrected chi connectivity index (χ0v) is 14.4. The van der Waals surface area contributed by atoms with Gasteiger partial charge in [0.25, 0.3) is 0 Å². The summed E-state index contributed by atoms with van der Waals surface area (Å²) in [5.74, 6) is 0.973. The van der Waals surface area contributed by atoms with E-state index in [0.717, 1.165) is 5.92 Å². The van der Waals surface area contributed by atoms with E-state index in [-0.39, 0.29) is 0 Å². The number of fused-ring (bicyclic) bond motifs is 1. The Balaban J connectivity index is 1.71. The third kappa shape index (κ3) is 4.10. The van der Waals surface area contributed by atoms with Crippen molar-refractivity contribution < 1.29 is 0 Å². The smallest absolute Gasteiger partial charge is 0.0417 e. The Kier molecular flexibility index (Phi) is 5.76. The first kappa shape index (κ1) is 15.6. The van der Waals surface area contributed by atoms with Crippen molar-refractivity contribution in [3.05, 3.63) is 21.4 Å². The lowest BCUT2D eigenvalue weighted by Gasteiger charge is -2.21. The number of hydrogen-bond donors (Lipinski definition) is 1. The van der Waals surface area contributed by atoms with Crippen molar-refractivity contribution in [3.63, 3.8) is 0 Å². The van der Waals surface area contributed by atoms with E-state index in [1.54, 1.807) is 15.3 Å². The van der Waals surface area contributed by atoms with Gasteiger partial charge in [0.1, 0.15) is 0 Å². The molecule has 1 aromatic heterocycles. The fourth-order valence-electron chi connectivity index (χ4n) is 4.06. The molecule has 1 aromatic rings. The predicted molar refractivity (Wildman–Crippen MR) is 93.2 cm³/mol. The van der Waals surface area contributed by atoms with Gasteiger partial charge in [-0.2, -0.15) is 0 Å². The van der Waals surface area contributed by atoms with Gasteiger partial charge in [0.05, 0.1) is 0 Å². The van der Waals surface area contributed by atoms with Crippen molar-refractivity contribution in [2.45, 2.75) is 83.6 Å². The Morgan fingerprint density at radius 2 is 1.95 bits per heavy atom. The monoisotopic (exact) mass is 305 g/mol. The zero-order valence-electron chi connectivity index (χ0n) is 13.6. The van der Waals surface area contributed by atoms with Gasteiger partial charge in [-0.3, -0.25) is 0 Å². The van der Waals surface area contributed by atoms with E-state index in [9.17, 15) is 0 Å². The molecule has 2 aliphatic rings. The molecule has 1 fully saturated rings. The van der Waals surface area contributed by atoms with Crippen LogP contribution in [0.3, 0.4) is 0 Å². The Bertz CT molecular complexity index is 407. The maximum atomic E-state index is 3.85. The van der Waals surface area contributed by atoms with Gasteiger partial charge in [0, 0.05) is 15.8 Å². The number of aryl methyl sites for hydroxylation is 2. The number of nitrogens with one attached hydrogen (secondary N) is 1. The fraction of sp³-hybridized carbons (Fsp3) is 0.789. The Morgan fingerprint density at radius 1 is 1.14 bits per heavy atom. The normalized spacial score (nSPS) is 21.2. The molecule has 1 unspecified atom stereocenters. The van der Waals surface area contributed by atoms with E-state index >= 15 is 0 Å². The van der Waals surface area contributed by atoms with E-state index in [1.807, 2.05) is 0 Å². The summed E-state index contributed by atoms with van der Waals surface area (Å²) in [7, 11) is 0. The second-order valence-corrected chi connectivity index (χ2v) is 8.22. The van der Waals surface area contributed by atoms with E-state index < -0.39 is 0 Å². The van der Waals surface area contributed by atoms with Crippen molar-refractivity contribution in [2.75, 3.05) is 6.54 Å². The van der Waals surface area contributed by atoms with Crippen LogP contribution in [-0.4, -0.2) is 6.54 Å². The van der Waals surface area contributed by atoms with Crippen molar-refractivity contribution in [3.8, 4) is 0 Å². The van der Waals surface area contributed by atoms with Crippen LogP contribution in [0.5, 0.6) is 0 Å². The maximum Gasteiger partial charge on any atom is 0.0417 e. The molecule has 1 N–H and O–H groups in total. The summed E-state index contributed by atoms with van der Waals surface area (Å²) >= 11 is 2.13. The summed E-state index contributed by atoms with van der Waals surface area (Å²) in [6.45, 7) is 3.45. The zero-order chi connectivity index (χ0) is 14.5. The molecule has 1 heterocycles. The molecule has 1 saturated carbocycles. The summed E-state index contributed by atoms with van der Waals surface area (Å²) in [5, 5.41) is 3.85. The van der Waals surface area contributed by atoms with Crippen molar-refractivity contribution in [1.29, 1.82) is 0 Å². The lowest BCUT2D eigenvalue weighted by Crippen LogP contribution is -2.23. The molecule has 21 heavy (non-hydrogen) atoms. The topological polar surface area (TPSA) is 12.0 Å². The fourth-order valence-corrected chi connectivity index (χ4v) is 5.41. The Hall–Kier alpha value is -0.340. The van der Waals surface area contributed by atoms with Crippen LogP contribution >= 0.6 is 11.3 Å². The first-order valence-corrected chi connectivity index (χ1v) is 10.0. The summed E-state index contributed by atoms with van der Waals surface area (Å²) < 4.78 is 0. The highest BCUT2D eigenvalue weighted by atomic mass is 32.1. The summed E-state index contributed by atoms with van der Waals surface area (Å²) in [6, 6.07) is 3.19. The van der Waals surface area contributed by atoms with Crippen molar-refractivity contribution >= 4 is 11.3 Å². The number of hydrogen-bond acceptors (Lipinski definition) is 2. The van der Waals surface area contributed by atoms with E-state index in [0.29, 0.717) is 6.04 Å². The summed E-state index contributed by atoms with van der Waals surface area (Å²) in [4.78, 5) is 3.35. The molecular weight excluding hydrogens is 274 g/mol. The predicted octanol–water partition coefficient (Wildman–Crippen LogP) is 5.64. The molecule has 0 saturated heterocycles. The highest BCUT2D eigenvalue weighted by Crippen LogP contribution is 2.38. The molecule has 1 nitrogen and oxygen atoms in total. The van der Waals surface area contributed by atoms with Gasteiger partial charge in [0.15, 0.2) is 0 Å². The van der Waals surface area contributed by atoms with Gasteiger partial charge in [-0.15, -0.1) is 11.3 Å². The first-order chi connectivity index (χ1) is 10.4. The van der Waals surface area contributed by atoms with Crippen LogP contribution in [0.1, 0.15) is 86.1 Å². The van der Waals surface area contributed by atoms with Crippen LogP contribution in [0.15, 0.2) is 6.07 Å². The molecule has 0 aliphatic heterocycles. The SMILES string of the molecule is CCCNC(CC1CCCC1)c1cc2c(s1)CCCCC2. The second-order valence-electron chi connectivity index (χ2n) is 7.05. The van der Waals surface area contributed by atoms with Gasteiger partial charge in [-0.05, 0) is 62.6 Å². The van der Waals surface area contributed by atoms with Crippen LogP contribution in [0.2, 0.25) is 0 Å². The van der Waals surface area contributed by atoms with Crippen molar-refractivity contribution in [2.24, 2.45) is 5.92 Å². The van der Waals surface area contributed by atoms with Gasteiger partial charge >= 0.3 is 0 Å². The molecule has 0 aromatic carbocycles. The van der Waals surface area contributed by atoms with E-state index in [2.05, 4.69) is 29.6 Å². The quantitative estimate of drug-likeness (QED) is 0.671. The minimum absolute atomic E-state index is 0.630. The van der Waals surface area contributed by atoms with Crippen LogP contribution in [0, 0.1) is 5.92 Å². The lowest BCUT2D eigenvalue weighted by atomic mass is 9.96. The van der Waals surface area contributed by atoms with Crippen LogP contribution < -0.4 is 5.32 Å². The molecule has 0 amide bonds. The van der Waals surface area contributed by atoms with E-state index in [1.165, 1.54) is 77.2 Å². The first-order valence-electron chi connectivity index (χ1n) is 9.21. The highest BCUT2D eigenvalue weighted by Gasteiger charge is 2.23. The minimum atomic E-state index is 0.630. The van der Waals surface area contributed by atoms with Gasteiger partial charge in [0.2, 0.25) is 0 Å². The average Bonchev–Trinajstić information content (AvgIpc) is 3.09. The highest BCUT2D eigenvalue weighted by molar-refractivity contribution is 7.12. The van der Waals surface area contributed by atoms with Crippen molar-refractivity contribution in [1.82, 2.24) is 5.32 Å². The van der Waals surface area contributed by atoms with E-state index in [4.69, 9.17) is 0 Å². The molecule has 0 radical (unpaired) electrons.